The van der Waals surface area contributed by atoms with Crippen LogP contribution < -0.4 is 0 Å². The van der Waals surface area contributed by atoms with E-state index in [0.717, 1.165) is 57.8 Å². The van der Waals surface area contributed by atoms with Crippen LogP contribution in [0.2, 0.25) is 0 Å². The monoisotopic (exact) mass is 771 g/mol. The molecule has 9 heteroatoms. The van der Waals surface area contributed by atoms with Crippen LogP contribution in [0.3, 0.4) is 0 Å². The second kappa shape index (κ2) is 37.5. The molecule has 0 aromatic heterocycles. The molecule has 312 valence electrons. The first-order valence-electron chi connectivity index (χ1n) is 21.8. The Kier molecular flexibility index (Phi) is 36.5. The number of carbonyl (C=O) groups excluding carboxylic acids is 1. The Morgan fingerprint density at radius 2 is 1.06 bits per heavy atom. The molecule has 0 aromatic carbocycles. The number of esters is 1. The molecule has 1 unspecified atom stereocenters. The van der Waals surface area contributed by atoms with Gasteiger partial charge in [0.05, 0.1) is 34.0 Å². The van der Waals surface area contributed by atoms with Gasteiger partial charge >= 0.3 is 13.8 Å². The molecule has 0 heterocycles. The van der Waals surface area contributed by atoms with Gasteiger partial charge in [-0.05, 0) is 57.4 Å². The van der Waals surface area contributed by atoms with E-state index in [9.17, 15) is 14.3 Å². The second-order valence-corrected chi connectivity index (χ2v) is 17.2. The SMILES string of the molecule is CCCCC/C=C/C/C=C/CCCCCCCC(=O)O[C@H](CO/C=C/CCCCCCCCCCCCCCCC)COP(=O)(O)OCC[N+](C)(C)C. The maximum atomic E-state index is 12.7. The van der Waals surface area contributed by atoms with Crippen LogP contribution in [0.4, 0.5) is 0 Å². The molecule has 8 nitrogen and oxygen atoms in total. The average Bonchev–Trinajstić information content (AvgIpc) is 3.11. The summed E-state index contributed by atoms with van der Waals surface area (Å²) in [6.07, 6.45) is 44.1. The highest BCUT2D eigenvalue weighted by Gasteiger charge is 2.26. The third-order valence-electron chi connectivity index (χ3n) is 9.27. The van der Waals surface area contributed by atoms with Crippen LogP contribution in [0.15, 0.2) is 36.6 Å². The largest absolute Gasteiger partial charge is 0.498 e. The molecular weight excluding hydrogens is 685 g/mol. The summed E-state index contributed by atoms with van der Waals surface area (Å²) in [5.74, 6) is -0.349. The first kappa shape index (κ1) is 51.6. The van der Waals surface area contributed by atoms with Gasteiger partial charge in [-0.1, -0.05) is 154 Å². The molecule has 0 saturated heterocycles. The Hall–Kier alpha value is -1.44. The minimum Gasteiger partial charge on any atom is -0.498 e. The summed E-state index contributed by atoms with van der Waals surface area (Å²) < 4.78 is 34.7. The lowest BCUT2D eigenvalue weighted by molar-refractivity contribution is -0.870. The van der Waals surface area contributed by atoms with Crippen molar-refractivity contribution >= 4 is 13.8 Å². The fourth-order valence-corrected chi connectivity index (χ4v) is 6.58. The van der Waals surface area contributed by atoms with Gasteiger partial charge in [0.15, 0.2) is 6.10 Å². The van der Waals surface area contributed by atoms with Crippen molar-refractivity contribution in [3.8, 4) is 0 Å². The molecule has 0 saturated carbocycles. The van der Waals surface area contributed by atoms with Crippen molar-refractivity contribution in [3.63, 3.8) is 0 Å². The van der Waals surface area contributed by atoms with Gasteiger partial charge in [-0.2, -0.15) is 0 Å². The number of carbonyl (C=O) groups is 1. The minimum atomic E-state index is -4.29. The fraction of sp³-hybridized carbons (Fsp3) is 0.841. The van der Waals surface area contributed by atoms with Crippen molar-refractivity contribution in [2.75, 3.05) is 47.5 Å². The lowest BCUT2D eigenvalue weighted by Gasteiger charge is -2.24. The Labute approximate surface area is 327 Å². The van der Waals surface area contributed by atoms with Crippen LogP contribution in [0.1, 0.15) is 187 Å². The maximum absolute atomic E-state index is 12.7. The zero-order chi connectivity index (χ0) is 39.1. The molecule has 0 aliphatic heterocycles. The number of nitrogens with zero attached hydrogens (tertiary/aromatic N) is 1. The van der Waals surface area contributed by atoms with Crippen molar-refractivity contribution in [2.45, 2.75) is 193 Å². The van der Waals surface area contributed by atoms with Gasteiger partial charge in [0.25, 0.3) is 0 Å². The van der Waals surface area contributed by atoms with E-state index in [1.54, 1.807) is 6.26 Å². The molecule has 1 N–H and O–H groups in total. The Morgan fingerprint density at radius 1 is 0.604 bits per heavy atom. The van der Waals surface area contributed by atoms with Gasteiger partial charge in [0, 0.05) is 6.42 Å². The zero-order valence-corrected chi connectivity index (χ0v) is 36.1. The standard InChI is InChI=1S/C44H84NO7P/c1-6-8-10-12-14-16-18-20-22-24-26-28-30-32-34-36-39-49-41-43(42-51-53(47,48)50-40-38-45(3,4)5)52-44(46)37-35-33-31-29-27-25-23-21-19-17-15-13-11-9-7-2/h15,17,21,23,36,39,43H,6-14,16,18-20,22,24-35,37-38,40-42H2,1-5H3/p+1/b17-15+,23-21+,39-36+/t43-/m1/s1. The Bertz CT molecular complexity index is 947. The van der Waals surface area contributed by atoms with E-state index in [2.05, 4.69) is 38.2 Å². The maximum Gasteiger partial charge on any atom is 0.472 e. The van der Waals surface area contributed by atoms with Crippen LogP contribution >= 0.6 is 7.82 Å². The van der Waals surface area contributed by atoms with Crippen molar-refractivity contribution in [3.05, 3.63) is 36.6 Å². The number of hydrogen-bond acceptors (Lipinski definition) is 6. The van der Waals surface area contributed by atoms with E-state index in [1.165, 1.54) is 109 Å². The van der Waals surface area contributed by atoms with Crippen LogP contribution in [0.5, 0.6) is 0 Å². The van der Waals surface area contributed by atoms with Crippen LogP contribution in [0, 0.1) is 0 Å². The summed E-state index contributed by atoms with van der Waals surface area (Å²) in [5, 5.41) is 0. The highest BCUT2D eigenvalue weighted by molar-refractivity contribution is 7.47. The molecule has 0 rings (SSSR count). The average molecular weight is 771 g/mol. The summed E-state index contributed by atoms with van der Waals surface area (Å²) in [4.78, 5) is 22.8. The second-order valence-electron chi connectivity index (χ2n) is 15.8. The molecule has 0 radical (unpaired) electrons. The summed E-state index contributed by atoms with van der Waals surface area (Å²) in [7, 11) is 1.63. The highest BCUT2D eigenvalue weighted by atomic mass is 31.2. The number of phosphoric acid groups is 1. The molecule has 0 aliphatic rings. The van der Waals surface area contributed by atoms with Gasteiger partial charge in [-0.25, -0.2) is 4.57 Å². The number of likely N-dealkylation sites (N-methyl/N-ethyl adjacent to an activating group) is 1. The fourth-order valence-electron chi connectivity index (χ4n) is 5.84. The summed E-state index contributed by atoms with van der Waals surface area (Å²) >= 11 is 0. The number of allylic oxidation sites excluding steroid dienone is 5. The molecule has 0 bridgehead atoms. The van der Waals surface area contributed by atoms with Crippen LogP contribution in [-0.2, 0) is 27.9 Å². The van der Waals surface area contributed by atoms with Crippen molar-refractivity contribution < 1.29 is 37.3 Å². The third kappa shape index (κ3) is 41.6. The van der Waals surface area contributed by atoms with Gasteiger partial charge in [-0.3, -0.25) is 13.8 Å². The first-order chi connectivity index (χ1) is 25.6. The number of rotatable bonds is 40. The normalized spacial score (nSPS) is 14.1. The molecule has 53 heavy (non-hydrogen) atoms. The number of unbranched alkanes of at least 4 members (excludes halogenated alkanes) is 22. The van der Waals surface area contributed by atoms with E-state index in [1.807, 2.05) is 27.2 Å². The molecule has 0 spiro atoms. The number of ether oxygens (including phenoxy) is 2. The highest BCUT2D eigenvalue weighted by Crippen LogP contribution is 2.43. The lowest BCUT2D eigenvalue weighted by atomic mass is 10.0. The topological polar surface area (TPSA) is 91.3 Å². The van der Waals surface area contributed by atoms with E-state index in [-0.39, 0.29) is 25.8 Å². The molecule has 0 fully saturated rings. The van der Waals surface area contributed by atoms with Crippen molar-refractivity contribution in [1.82, 2.24) is 0 Å². The summed E-state index contributed by atoms with van der Waals surface area (Å²) in [6.45, 7) is 4.90. The molecule has 0 aliphatic carbocycles. The van der Waals surface area contributed by atoms with Crippen LogP contribution in [0.25, 0.3) is 0 Å². The predicted molar refractivity (Wildman–Crippen MR) is 224 cm³/mol. The van der Waals surface area contributed by atoms with E-state index >= 15 is 0 Å². The molecule has 0 aromatic rings. The number of quaternary nitrogens is 1. The smallest absolute Gasteiger partial charge is 0.472 e. The third-order valence-corrected chi connectivity index (χ3v) is 10.3. The molecular formula is C44H85NO7P+. The van der Waals surface area contributed by atoms with Crippen LogP contribution in [-0.4, -0.2) is 69.0 Å². The Morgan fingerprint density at radius 3 is 1.58 bits per heavy atom. The van der Waals surface area contributed by atoms with E-state index in [0.29, 0.717) is 17.4 Å². The molecule has 0 amide bonds. The van der Waals surface area contributed by atoms with Crippen molar-refractivity contribution in [2.24, 2.45) is 0 Å². The quantitative estimate of drug-likeness (QED) is 0.0166. The summed E-state index contributed by atoms with van der Waals surface area (Å²) in [6, 6.07) is 0. The predicted octanol–water partition coefficient (Wildman–Crippen LogP) is 13.0. The van der Waals surface area contributed by atoms with Gasteiger partial charge in [-0.15, -0.1) is 0 Å². The Balaban J connectivity index is 4.31. The lowest BCUT2D eigenvalue weighted by Crippen LogP contribution is -2.37. The van der Waals surface area contributed by atoms with Gasteiger partial charge in [0.1, 0.15) is 19.8 Å². The van der Waals surface area contributed by atoms with E-state index < -0.39 is 13.9 Å². The van der Waals surface area contributed by atoms with Gasteiger partial charge in [0.2, 0.25) is 0 Å². The minimum absolute atomic E-state index is 0.0437. The van der Waals surface area contributed by atoms with E-state index in [4.69, 9.17) is 18.5 Å². The number of hydrogen-bond donors (Lipinski definition) is 1. The summed E-state index contributed by atoms with van der Waals surface area (Å²) in [5.41, 5.74) is 0. The number of phosphoric ester groups is 1. The van der Waals surface area contributed by atoms with Gasteiger partial charge < -0.3 is 18.9 Å². The first-order valence-corrected chi connectivity index (χ1v) is 23.3. The zero-order valence-electron chi connectivity index (χ0n) is 35.3. The van der Waals surface area contributed by atoms with Crippen molar-refractivity contribution in [1.29, 1.82) is 0 Å². The molecule has 2 atom stereocenters.